The number of carbonyl (C=O) groups is 7. The van der Waals surface area contributed by atoms with Crippen molar-refractivity contribution in [1.29, 1.82) is 0 Å². The minimum atomic E-state index is -5.60. The van der Waals surface area contributed by atoms with Crippen molar-refractivity contribution in [3.8, 4) is 0 Å². The molecule has 2 aromatic heterocycles. The number of nitrogens with one attached hydrogen (secondary N) is 2. The third-order valence-corrected chi connectivity index (χ3v) is 12.3. The number of ketones is 1. The van der Waals surface area contributed by atoms with Gasteiger partial charge in [-0.2, -0.15) is 4.31 Å². The molecule has 372 valence electrons. The van der Waals surface area contributed by atoms with Crippen molar-refractivity contribution < 1.29 is 115 Å². The molecule has 35 heteroatoms. The number of aromatic nitrogens is 4. The van der Waals surface area contributed by atoms with Crippen LogP contribution >= 0.6 is 35.2 Å². The Labute approximate surface area is 376 Å². The van der Waals surface area contributed by atoms with Gasteiger partial charge in [-0.1, -0.05) is 25.6 Å². The molecule has 0 saturated carbocycles. The van der Waals surface area contributed by atoms with Crippen LogP contribution in [0.4, 0.5) is 5.82 Å². The normalized spacial score (nSPS) is 19.6. The van der Waals surface area contributed by atoms with Gasteiger partial charge in [0.2, 0.25) is 11.8 Å². The average molecular weight is 1030 g/mol. The summed E-state index contributed by atoms with van der Waals surface area (Å²) in [7, 11) is -16.5. The van der Waals surface area contributed by atoms with E-state index in [1.807, 2.05) is 0 Å². The lowest BCUT2D eigenvalue weighted by Gasteiger charge is -2.30. The van der Waals surface area contributed by atoms with E-state index in [2.05, 4.69) is 34.4 Å². The summed E-state index contributed by atoms with van der Waals surface area (Å²) in [5.74, 6) is -5.38. The predicted octanol–water partition coefficient (Wildman–Crippen LogP) is -1.58. The van der Waals surface area contributed by atoms with E-state index in [-0.39, 0.29) is 61.5 Å². The van der Waals surface area contributed by atoms with Crippen molar-refractivity contribution in [3.05, 3.63) is 12.7 Å². The Morgan fingerprint density at radius 1 is 0.879 bits per heavy atom. The summed E-state index contributed by atoms with van der Waals surface area (Å²) in [4.78, 5) is 129. The van der Waals surface area contributed by atoms with Gasteiger partial charge in [-0.05, 0) is 0 Å². The van der Waals surface area contributed by atoms with Crippen LogP contribution < -0.4 is 16.4 Å². The maximum Gasteiger partial charge on any atom is 0.481 e. The van der Waals surface area contributed by atoms with Crippen LogP contribution in [0.15, 0.2) is 12.7 Å². The molecule has 2 aromatic rings. The van der Waals surface area contributed by atoms with E-state index in [0.29, 0.717) is 0 Å². The first-order valence-electron chi connectivity index (χ1n) is 18.6. The van der Waals surface area contributed by atoms with Crippen LogP contribution in [0.2, 0.25) is 0 Å². The smallest absolute Gasteiger partial charge is 0.481 e. The van der Waals surface area contributed by atoms with Crippen LogP contribution in [-0.4, -0.2) is 162 Å². The summed E-state index contributed by atoms with van der Waals surface area (Å²) >= 11 is 0.765. The Balaban J connectivity index is 0.00000170. The first kappa shape index (κ1) is 57.8. The zero-order valence-electron chi connectivity index (χ0n) is 34.6. The van der Waals surface area contributed by atoms with E-state index in [9.17, 15) is 77.0 Å². The van der Waals surface area contributed by atoms with Crippen molar-refractivity contribution in [2.45, 2.75) is 83.0 Å². The Morgan fingerprint density at radius 2 is 1.47 bits per heavy atom. The monoisotopic (exact) mass is 1030 g/mol. The van der Waals surface area contributed by atoms with Gasteiger partial charge in [-0.3, -0.25) is 51.7 Å². The highest BCUT2D eigenvalue weighted by molar-refractivity contribution is 8.13. The summed E-state index contributed by atoms with van der Waals surface area (Å²) in [6, 6.07) is 0. The van der Waals surface area contributed by atoms with Gasteiger partial charge in [0.15, 0.2) is 22.8 Å². The number of phosphoric acid groups is 3. The third-order valence-electron chi connectivity index (χ3n) is 8.28. The first-order valence-corrected chi connectivity index (χ1v) is 24.2. The fraction of sp³-hybridized carbons (Fsp3) is 0.613. The van der Waals surface area contributed by atoms with Gasteiger partial charge in [-0.15, -0.1) is 0 Å². The molecule has 0 aromatic carbocycles. The fourth-order valence-electron chi connectivity index (χ4n) is 5.06. The van der Waals surface area contributed by atoms with Gasteiger partial charge in [0.25, 0.3) is 0 Å². The van der Waals surface area contributed by atoms with Crippen molar-refractivity contribution in [2.75, 3.05) is 37.8 Å². The molecule has 1 aliphatic heterocycles. The van der Waals surface area contributed by atoms with E-state index in [1.54, 1.807) is 0 Å². The maximum absolute atomic E-state index is 12.7. The van der Waals surface area contributed by atoms with E-state index < -0.39 is 126 Å². The number of nitrogen functional groups attached to an aromatic ring is 1. The summed E-state index contributed by atoms with van der Waals surface area (Å²) < 4.78 is 61.9. The second kappa shape index (κ2) is 25.7. The van der Waals surface area contributed by atoms with Crippen molar-refractivity contribution in [3.63, 3.8) is 0 Å². The summed E-state index contributed by atoms with van der Waals surface area (Å²) in [6.07, 6.45) is -8.89. The molecular weight excluding hydrogens is 979 g/mol. The Morgan fingerprint density at radius 3 is 2.06 bits per heavy atom. The van der Waals surface area contributed by atoms with Gasteiger partial charge in [-0.25, -0.2) is 28.6 Å². The van der Waals surface area contributed by atoms with Crippen LogP contribution in [-0.2, 0) is 69.9 Å². The molecule has 3 rings (SSSR count). The predicted molar refractivity (Wildman–Crippen MR) is 218 cm³/mol. The number of phosphoric ester groups is 3. The Bertz CT molecular complexity index is 2190. The number of anilines is 1. The van der Waals surface area contributed by atoms with Gasteiger partial charge in [0.1, 0.15) is 42.0 Å². The topological polar surface area (TPSA) is 493 Å². The van der Waals surface area contributed by atoms with Crippen LogP contribution in [0.25, 0.3) is 11.2 Å². The first-order chi connectivity index (χ1) is 30.4. The number of aliphatic hydroxyl groups is 2. The molecule has 66 heavy (non-hydrogen) atoms. The highest BCUT2D eigenvalue weighted by atomic mass is 32.2. The lowest BCUT2D eigenvalue weighted by Crippen LogP contribution is -2.46. The summed E-state index contributed by atoms with van der Waals surface area (Å²) in [6.45, 7) is 0.0801. The quantitative estimate of drug-likeness (QED) is 0.0273. The Kier molecular flexibility index (Phi) is 22.5. The molecular formula is C31H48N7O24P3S. The standard InChI is InChI=1S/C27H42N7O20P3S.C4H6O4/c1-27(2,22(41)25(42)30-6-5-16(36)29-7-8-58-18(39)9-14(35)3-4-17(37)38)11-51-57(48,49)54-56(46,47)50-10-15-21(53-55(43,44)45)20(40)26(52-15)34-13-33-19-23(28)31-12-32-24(19)34;5-3(6)1-2-4(7)8/h12-13,15,20-22,26,40-41H,3-11H2,1-2H3,(H,29,36)(H,30,42)(H,37,38)(H,46,47)(H,48,49)(H2,28,31,32)(H2,43,44,45);1-2H2,(H,5,6)(H,7,8)/t15-,20-,21-,22+,26-;/m1./s1. The number of fused-ring (bicyclic) bond motifs is 1. The van der Waals surface area contributed by atoms with E-state index in [1.165, 1.54) is 13.8 Å². The number of Topliss-reactive ketones (excluding diaryl/α,β-unsaturated/α-hetero) is 1. The molecule has 1 aliphatic rings. The molecule has 0 spiro atoms. The van der Waals surface area contributed by atoms with Gasteiger partial charge in [0.05, 0.1) is 45.2 Å². The number of ether oxygens (including phenoxy) is 1. The number of amides is 2. The summed E-state index contributed by atoms with van der Waals surface area (Å²) in [5.41, 5.74) is 4.17. The number of hydrogen-bond acceptors (Lipinski definition) is 22. The maximum atomic E-state index is 12.7. The number of carboxylic acids is 3. The number of nitrogens with zero attached hydrogens (tertiary/aromatic N) is 4. The van der Waals surface area contributed by atoms with Crippen molar-refractivity contribution in [2.24, 2.45) is 5.41 Å². The fourth-order valence-corrected chi connectivity index (χ4v) is 8.58. The lowest BCUT2D eigenvalue weighted by molar-refractivity contribution is -0.143. The molecule has 13 N–H and O–H groups in total. The van der Waals surface area contributed by atoms with Crippen LogP contribution in [0.1, 0.15) is 58.6 Å². The molecule has 2 unspecified atom stereocenters. The SMILES string of the molecule is CC(C)(COP(=O)(O)OP(=O)(O)OC[C@H]1O[C@@H](n2cnc3c(N)ncnc32)[C@H](O)[C@@H]1OP(=O)(O)O)[C@@H](O)C(=O)NCCC(=O)NCCSC(=O)CC(=O)CCC(=O)O.O=C(O)CCC(=O)O. The van der Waals surface area contributed by atoms with E-state index in [4.69, 9.17) is 34.8 Å². The largest absolute Gasteiger partial charge is 0.481 e. The van der Waals surface area contributed by atoms with Crippen LogP contribution in [0.3, 0.4) is 0 Å². The molecule has 7 atom stereocenters. The van der Waals surface area contributed by atoms with Gasteiger partial charge >= 0.3 is 41.4 Å². The number of hydrogen-bond donors (Lipinski definition) is 12. The number of thioether (sulfide) groups is 1. The van der Waals surface area contributed by atoms with Crippen molar-refractivity contribution in [1.82, 2.24) is 30.2 Å². The van der Waals surface area contributed by atoms with E-state index >= 15 is 0 Å². The Hall–Kier alpha value is -4.36. The number of nitrogens with two attached hydrogens (primary N) is 1. The zero-order chi connectivity index (χ0) is 50.2. The number of imidazole rings is 1. The molecule has 0 radical (unpaired) electrons. The number of aliphatic carboxylic acids is 3. The average Bonchev–Trinajstić information content (AvgIpc) is 3.76. The molecule has 31 nitrogen and oxygen atoms in total. The minimum Gasteiger partial charge on any atom is -0.481 e. The number of carboxylic acid groups (broad SMARTS) is 3. The third kappa shape index (κ3) is 20.7. The van der Waals surface area contributed by atoms with Crippen LogP contribution in [0, 0.1) is 5.41 Å². The van der Waals surface area contributed by atoms with Gasteiger partial charge < -0.3 is 66.2 Å². The van der Waals surface area contributed by atoms with Crippen LogP contribution in [0.5, 0.6) is 0 Å². The lowest BCUT2D eigenvalue weighted by atomic mass is 9.87. The molecule has 0 aliphatic carbocycles. The highest BCUT2D eigenvalue weighted by Gasteiger charge is 2.50. The minimum absolute atomic E-state index is 0.0142. The molecule has 1 saturated heterocycles. The van der Waals surface area contributed by atoms with E-state index in [0.717, 1.165) is 29.0 Å². The summed E-state index contributed by atoms with van der Waals surface area (Å²) in [5, 5.41) is 50.0. The second-order valence-electron chi connectivity index (χ2n) is 14.2. The van der Waals surface area contributed by atoms with Crippen molar-refractivity contribution >= 4 is 92.8 Å². The van der Waals surface area contributed by atoms with Gasteiger partial charge in [0, 0.05) is 37.1 Å². The number of rotatable bonds is 27. The highest BCUT2D eigenvalue weighted by Crippen LogP contribution is 2.61. The number of aliphatic hydroxyl groups excluding tert-OH is 2. The number of carbonyl (C=O) groups excluding carboxylic acids is 4. The second-order valence-corrected chi connectivity index (χ2v) is 19.6. The molecule has 1 fully saturated rings. The zero-order valence-corrected chi connectivity index (χ0v) is 38.1. The molecule has 3 heterocycles. The molecule has 0 bridgehead atoms. The molecule has 2 amide bonds.